The zero-order valence-electron chi connectivity index (χ0n) is 9.67. The maximum Gasteiger partial charge on any atom is 0.0627 e. The van der Waals surface area contributed by atoms with Crippen LogP contribution in [-0.4, -0.2) is 45.8 Å². The van der Waals surface area contributed by atoms with E-state index in [2.05, 4.69) is 43.1 Å². The molecule has 0 aromatic carbocycles. The van der Waals surface area contributed by atoms with Gasteiger partial charge in [-0.1, -0.05) is 24.4 Å². The van der Waals surface area contributed by atoms with E-state index in [1.165, 1.54) is 25.2 Å². The van der Waals surface area contributed by atoms with Crippen LogP contribution in [0.3, 0.4) is 0 Å². The van der Waals surface area contributed by atoms with Crippen molar-refractivity contribution in [3.8, 4) is 0 Å². The molecule has 0 unspecified atom stereocenters. The molecule has 2 aliphatic rings. The van der Waals surface area contributed by atoms with Crippen molar-refractivity contribution in [1.82, 2.24) is 9.80 Å². The van der Waals surface area contributed by atoms with E-state index in [1.54, 1.807) is 10.9 Å². The molecule has 0 atom stereocenters. The summed E-state index contributed by atoms with van der Waals surface area (Å²) in [5.41, 5.74) is 3.04. The van der Waals surface area contributed by atoms with E-state index in [9.17, 15) is 0 Å². The van der Waals surface area contributed by atoms with Crippen molar-refractivity contribution in [1.29, 1.82) is 0 Å². The van der Waals surface area contributed by atoms with Crippen molar-refractivity contribution < 1.29 is 0 Å². The zero-order valence-corrected chi connectivity index (χ0v) is 10.8. The minimum Gasteiger partial charge on any atom is -0.372 e. The quantitative estimate of drug-likeness (QED) is 0.602. The second-order valence-electron chi connectivity index (χ2n) is 4.67. The van der Waals surface area contributed by atoms with Gasteiger partial charge in [0.2, 0.25) is 0 Å². The summed E-state index contributed by atoms with van der Waals surface area (Å²) in [6.45, 7) is 7.20. The summed E-state index contributed by atoms with van der Waals surface area (Å²) in [5, 5.41) is 1.74. The van der Waals surface area contributed by atoms with Gasteiger partial charge < -0.3 is 9.80 Å². The van der Waals surface area contributed by atoms with Gasteiger partial charge in [-0.25, -0.2) is 0 Å². The van der Waals surface area contributed by atoms with Crippen LogP contribution in [0.25, 0.3) is 0 Å². The fraction of sp³-hybridized carbons (Fsp3) is 0.636. The van der Waals surface area contributed by atoms with E-state index in [0.29, 0.717) is 0 Å². The van der Waals surface area contributed by atoms with Gasteiger partial charge in [0.1, 0.15) is 0 Å². The first-order chi connectivity index (χ1) is 6.61. The van der Waals surface area contributed by atoms with Crippen LogP contribution in [0.4, 0.5) is 0 Å². The van der Waals surface area contributed by atoms with E-state index >= 15 is 0 Å². The van der Waals surface area contributed by atoms with Crippen LogP contribution in [-0.2, 0) is 0 Å². The van der Waals surface area contributed by atoms with Gasteiger partial charge >= 0.3 is 0 Å². The maximum absolute atomic E-state index is 2.45. The molecule has 1 saturated heterocycles. The molecule has 0 radical (unpaired) electrons. The topological polar surface area (TPSA) is 6.48 Å². The molecule has 1 heterocycles. The number of nitrogens with zero attached hydrogens (tertiary/aromatic N) is 2. The van der Waals surface area contributed by atoms with Crippen LogP contribution in [0.15, 0.2) is 22.7 Å². The van der Waals surface area contributed by atoms with Gasteiger partial charge in [-0.2, -0.15) is 0 Å². The van der Waals surface area contributed by atoms with Gasteiger partial charge in [0.25, 0.3) is 0 Å². The fourth-order valence-electron chi connectivity index (χ4n) is 2.38. The molecule has 78 valence electrons. The second kappa shape index (κ2) is 3.46. The van der Waals surface area contributed by atoms with Gasteiger partial charge in [0.15, 0.2) is 0 Å². The van der Waals surface area contributed by atoms with Crippen LogP contribution < -0.4 is 0 Å². The third kappa shape index (κ3) is 1.40. The number of rotatable bonds is 1. The summed E-state index contributed by atoms with van der Waals surface area (Å²) in [7, 11) is 3.82. The Labute approximate surface area is 88.5 Å². The van der Waals surface area contributed by atoms with E-state index in [1.807, 2.05) is 0 Å². The Balaban J connectivity index is 2.37. The molecule has 2 rings (SSSR count). The summed E-state index contributed by atoms with van der Waals surface area (Å²) >= 11 is 0. The lowest BCUT2D eigenvalue weighted by Crippen LogP contribution is -2.39. The Morgan fingerprint density at radius 1 is 1.14 bits per heavy atom. The van der Waals surface area contributed by atoms with E-state index in [4.69, 9.17) is 0 Å². The third-order valence-corrected chi connectivity index (χ3v) is 5.23. The predicted octanol–water partition coefficient (Wildman–Crippen LogP) is 1.43. The summed E-state index contributed by atoms with van der Waals surface area (Å²) < 4.78 is 0. The lowest BCUT2D eigenvalue weighted by atomic mass is 10.2. The lowest BCUT2D eigenvalue weighted by molar-refractivity contribution is 0.278. The normalized spacial score (nSPS) is 21.9. The molecule has 0 spiro atoms. The van der Waals surface area contributed by atoms with Crippen molar-refractivity contribution in [2.45, 2.75) is 19.5 Å². The van der Waals surface area contributed by atoms with E-state index in [-0.39, 0.29) is 0 Å². The first-order valence-corrected chi connectivity index (χ1v) is 8.35. The number of fused-ring (bicyclic) bond motifs is 1. The lowest BCUT2D eigenvalue weighted by Gasteiger charge is -2.37. The number of piperazine rings is 1. The van der Waals surface area contributed by atoms with Crippen LogP contribution in [0, 0.1) is 0 Å². The first kappa shape index (κ1) is 9.84. The number of allylic oxidation sites excluding steroid dienone is 2. The molecule has 0 saturated carbocycles. The van der Waals surface area contributed by atoms with Crippen molar-refractivity contribution in [3.05, 3.63) is 22.7 Å². The smallest absolute Gasteiger partial charge is 0.0627 e. The fourth-order valence-corrected chi connectivity index (χ4v) is 3.89. The Morgan fingerprint density at radius 2 is 1.79 bits per heavy atom. The Morgan fingerprint density at radius 3 is 2.43 bits per heavy atom. The Hall–Kier alpha value is -0.703. The monoisotopic (exact) mass is 208 g/mol. The van der Waals surface area contributed by atoms with E-state index in [0.717, 1.165) is 0 Å². The average Bonchev–Trinajstić information content (AvgIpc) is 2.56. The molecule has 1 fully saturated rings. The molecular weight excluding hydrogens is 188 g/mol. The molecular formula is C11H20N2Si. The number of likely N-dealkylation sites (N-methyl/N-ethyl adjacent to an activating group) is 2. The highest BCUT2D eigenvalue weighted by atomic mass is 28.3. The second-order valence-corrected chi connectivity index (χ2v) is 7.67. The molecule has 2 nitrogen and oxygen atoms in total. The van der Waals surface area contributed by atoms with Crippen molar-refractivity contribution >= 4 is 8.80 Å². The number of hydrogen-bond donors (Lipinski definition) is 0. The molecule has 0 N–H and O–H groups in total. The number of hydrogen-bond acceptors (Lipinski definition) is 2. The maximum atomic E-state index is 2.45. The van der Waals surface area contributed by atoms with Gasteiger partial charge in [0.05, 0.1) is 20.2 Å². The van der Waals surface area contributed by atoms with Crippen LogP contribution in [0.2, 0.25) is 13.1 Å². The van der Waals surface area contributed by atoms with Gasteiger partial charge in [-0.15, -0.1) is 0 Å². The largest absolute Gasteiger partial charge is 0.372 e. The van der Waals surface area contributed by atoms with Gasteiger partial charge in [-0.05, 0) is 6.42 Å². The van der Waals surface area contributed by atoms with Crippen LogP contribution in [0.5, 0.6) is 0 Å². The van der Waals surface area contributed by atoms with Crippen molar-refractivity contribution in [3.63, 3.8) is 0 Å². The molecule has 0 amide bonds. The molecule has 0 bridgehead atoms. The SMILES string of the molecule is CN1CCN(C)C2=C([SiH](C)C)CC=C21. The summed E-state index contributed by atoms with van der Waals surface area (Å²) in [4.78, 5) is 4.85. The summed E-state index contributed by atoms with van der Waals surface area (Å²) in [6, 6.07) is 0. The molecule has 1 aliphatic carbocycles. The van der Waals surface area contributed by atoms with Gasteiger partial charge in [-0.3, -0.25) is 0 Å². The molecule has 3 heteroatoms. The minimum absolute atomic E-state index is 0.624. The molecule has 0 aromatic heterocycles. The predicted molar refractivity (Wildman–Crippen MR) is 63.9 cm³/mol. The average molecular weight is 208 g/mol. The molecule has 1 aliphatic heterocycles. The summed E-state index contributed by atoms with van der Waals surface area (Å²) in [6.07, 6.45) is 3.62. The van der Waals surface area contributed by atoms with Crippen LogP contribution in [0.1, 0.15) is 6.42 Å². The van der Waals surface area contributed by atoms with Crippen molar-refractivity contribution in [2.75, 3.05) is 27.2 Å². The highest BCUT2D eigenvalue weighted by Gasteiger charge is 2.28. The van der Waals surface area contributed by atoms with Crippen molar-refractivity contribution in [2.24, 2.45) is 0 Å². The standard InChI is InChI=1S/C11H20N2Si/c1-12-7-8-13(2)11-9(12)5-6-10(11)14(3)4/h5,14H,6-8H2,1-4H3. The van der Waals surface area contributed by atoms with Gasteiger partial charge in [0, 0.05) is 27.2 Å². The highest BCUT2D eigenvalue weighted by Crippen LogP contribution is 2.33. The first-order valence-electron chi connectivity index (χ1n) is 5.47. The molecule has 14 heavy (non-hydrogen) atoms. The zero-order chi connectivity index (χ0) is 10.3. The highest BCUT2D eigenvalue weighted by molar-refractivity contribution is 6.64. The summed E-state index contributed by atoms with van der Waals surface area (Å²) in [5.74, 6) is 0. The third-order valence-electron chi connectivity index (χ3n) is 3.32. The Bertz CT molecular complexity index is 304. The minimum atomic E-state index is -0.624. The van der Waals surface area contributed by atoms with Crippen LogP contribution >= 0.6 is 0 Å². The molecule has 0 aromatic rings. The van der Waals surface area contributed by atoms with E-state index < -0.39 is 8.80 Å². The Kier molecular flexibility index (Phi) is 2.43.